The largest absolute Gasteiger partial charge is 0.436 e. The van der Waals surface area contributed by atoms with Crippen LogP contribution in [-0.2, 0) is 6.18 Å². The van der Waals surface area contributed by atoms with Crippen LogP contribution in [0.2, 0.25) is 5.02 Å². The minimum absolute atomic E-state index is 0.0334. The number of rotatable bonds is 4. The number of nitrogens with zero attached hydrogens (tertiary/aromatic N) is 1. The topological polar surface area (TPSA) is 55.1 Å². The molecule has 1 N–H and O–H groups in total. The SMILES string of the molecule is O=C(Nc1ccc(Cl)c(C(F)(F)F)c1)c1ccccc1-c1ncc(-c2ccccc2)o1. The number of oxazole rings is 1. The van der Waals surface area contributed by atoms with Crippen molar-refractivity contribution in [3.05, 3.63) is 95.1 Å². The summed E-state index contributed by atoms with van der Waals surface area (Å²) in [6.45, 7) is 0. The van der Waals surface area contributed by atoms with Crippen molar-refractivity contribution in [2.75, 3.05) is 5.32 Å². The van der Waals surface area contributed by atoms with Gasteiger partial charge >= 0.3 is 6.18 Å². The van der Waals surface area contributed by atoms with Gasteiger partial charge in [-0.05, 0) is 30.3 Å². The predicted octanol–water partition coefficient (Wildman–Crippen LogP) is 6.93. The van der Waals surface area contributed by atoms with Crippen molar-refractivity contribution in [1.29, 1.82) is 0 Å². The predicted molar refractivity (Wildman–Crippen MR) is 112 cm³/mol. The molecular formula is C23H14ClF3N2O2. The lowest BCUT2D eigenvalue weighted by molar-refractivity contribution is -0.137. The zero-order chi connectivity index (χ0) is 22.0. The van der Waals surface area contributed by atoms with E-state index in [-0.39, 0.29) is 17.1 Å². The van der Waals surface area contributed by atoms with Gasteiger partial charge < -0.3 is 9.73 Å². The van der Waals surface area contributed by atoms with Crippen LogP contribution in [0.25, 0.3) is 22.8 Å². The van der Waals surface area contributed by atoms with Crippen LogP contribution in [0.1, 0.15) is 15.9 Å². The van der Waals surface area contributed by atoms with E-state index in [2.05, 4.69) is 10.3 Å². The van der Waals surface area contributed by atoms with Crippen LogP contribution in [0.15, 0.2) is 83.4 Å². The van der Waals surface area contributed by atoms with Crippen LogP contribution in [0, 0.1) is 0 Å². The van der Waals surface area contributed by atoms with Gasteiger partial charge in [0.05, 0.1) is 22.3 Å². The summed E-state index contributed by atoms with van der Waals surface area (Å²) in [7, 11) is 0. The summed E-state index contributed by atoms with van der Waals surface area (Å²) in [5, 5.41) is 2.03. The highest BCUT2D eigenvalue weighted by molar-refractivity contribution is 6.31. The van der Waals surface area contributed by atoms with Crippen molar-refractivity contribution < 1.29 is 22.4 Å². The number of anilines is 1. The number of carbonyl (C=O) groups excluding carboxylic acids is 1. The number of halogens is 4. The second-order valence-electron chi connectivity index (χ2n) is 6.59. The Kier molecular flexibility index (Phi) is 5.52. The molecule has 0 saturated heterocycles. The first kappa shape index (κ1) is 20.7. The summed E-state index contributed by atoms with van der Waals surface area (Å²) in [4.78, 5) is 17.1. The standard InChI is InChI=1S/C23H14ClF3N2O2/c24-19-11-10-15(12-18(19)23(25,26)27)29-21(30)16-8-4-5-9-17(16)22-28-13-20(31-22)14-6-2-1-3-7-14/h1-13H,(H,29,30). The molecule has 4 nitrogen and oxygen atoms in total. The van der Waals surface area contributed by atoms with E-state index in [0.717, 1.165) is 17.7 Å². The van der Waals surface area contributed by atoms with Crippen molar-refractivity contribution in [1.82, 2.24) is 4.98 Å². The zero-order valence-electron chi connectivity index (χ0n) is 15.8. The molecule has 0 fully saturated rings. The number of alkyl halides is 3. The lowest BCUT2D eigenvalue weighted by Gasteiger charge is -2.12. The van der Waals surface area contributed by atoms with E-state index in [1.807, 2.05) is 30.3 Å². The van der Waals surface area contributed by atoms with E-state index in [9.17, 15) is 18.0 Å². The molecule has 0 aliphatic heterocycles. The normalized spacial score (nSPS) is 11.4. The molecular weight excluding hydrogens is 429 g/mol. The van der Waals surface area contributed by atoms with Crippen molar-refractivity contribution in [3.63, 3.8) is 0 Å². The molecule has 1 amide bonds. The Balaban J connectivity index is 1.64. The van der Waals surface area contributed by atoms with Crippen LogP contribution >= 0.6 is 11.6 Å². The number of carbonyl (C=O) groups is 1. The molecule has 1 heterocycles. The monoisotopic (exact) mass is 442 g/mol. The first-order chi connectivity index (χ1) is 14.8. The summed E-state index contributed by atoms with van der Waals surface area (Å²) in [6.07, 6.45) is -3.09. The molecule has 0 aliphatic rings. The number of benzene rings is 3. The van der Waals surface area contributed by atoms with Crippen LogP contribution < -0.4 is 5.32 Å². The van der Waals surface area contributed by atoms with Gasteiger partial charge in [-0.3, -0.25) is 4.79 Å². The van der Waals surface area contributed by atoms with E-state index in [0.29, 0.717) is 11.3 Å². The fourth-order valence-electron chi connectivity index (χ4n) is 3.02. The maximum absolute atomic E-state index is 13.1. The van der Waals surface area contributed by atoms with Gasteiger partial charge in [0.25, 0.3) is 5.91 Å². The highest BCUT2D eigenvalue weighted by Gasteiger charge is 2.33. The number of aromatic nitrogens is 1. The second-order valence-corrected chi connectivity index (χ2v) is 6.99. The molecule has 156 valence electrons. The third kappa shape index (κ3) is 4.46. The molecule has 0 radical (unpaired) electrons. The summed E-state index contributed by atoms with van der Waals surface area (Å²) in [5.41, 5.74) is 0.373. The van der Waals surface area contributed by atoms with E-state index >= 15 is 0 Å². The summed E-state index contributed by atoms with van der Waals surface area (Å²) >= 11 is 5.64. The fraction of sp³-hybridized carbons (Fsp3) is 0.0435. The third-order valence-electron chi connectivity index (χ3n) is 4.50. The van der Waals surface area contributed by atoms with E-state index in [4.69, 9.17) is 16.0 Å². The van der Waals surface area contributed by atoms with Gasteiger partial charge in [0.15, 0.2) is 5.76 Å². The van der Waals surface area contributed by atoms with E-state index in [1.165, 1.54) is 12.1 Å². The maximum Gasteiger partial charge on any atom is 0.417 e. The van der Waals surface area contributed by atoms with Crippen molar-refractivity contribution in [3.8, 4) is 22.8 Å². The summed E-state index contributed by atoms with van der Waals surface area (Å²) < 4.78 is 45.1. The molecule has 4 aromatic rings. The van der Waals surface area contributed by atoms with Gasteiger partial charge in [-0.2, -0.15) is 13.2 Å². The Hall–Kier alpha value is -3.58. The Labute approximate surface area is 180 Å². The van der Waals surface area contributed by atoms with Gasteiger partial charge in [0.2, 0.25) is 5.89 Å². The van der Waals surface area contributed by atoms with Gasteiger partial charge in [0, 0.05) is 16.8 Å². The molecule has 0 bridgehead atoms. The average Bonchev–Trinajstić information content (AvgIpc) is 3.25. The maximum atomic E-state index is 13.1. The first-order valence-corrected chi connectivity index (χ1v) is 9.49. The Morgan fingerprint density at radius 3 is 2.42 bits per heavy atom. The first-order valence-electron chi connectivity index (χ1n) is 9.11. The number of hydrogen-bond acceptors (Lipinski definition) is 3. The molecule has 4 rings (SSSR count). The molecule has 1 aromatic heterocycles. The number of hydrogen-bond donors (Lipinski definition) is 1. The van der Waals surface area contributed by atoms with Crippen molar-refractivity contribution in [2.45, 2.75) is 6.18 Å². The van der Waals surface area contributed by atoms with Crippen molar-refractivity contribution >= 4 is 23.2 Å². The molecule has 0 unspecified atom stereocenters. The molecule has 3 aromatic carbocycles. The molecule has 0 spiro atoms. The zero-order valence-corrected chi connectivity index (χ0v) is 16.5. The molecule has 31 heavy (non-hydrogen) atoms. The third-order valence-corrected chi connectivity index (χ3v) is 4.83. The Morgan fingerprint density at radius 2 is 1.68 bits per heavy atom. The Bertz CT molecular complexity index is 1240. The van der Waals surface area contributed by atoms with Gasteiger partial charge in [0.1, 0.15) is 0 Å². The molecule has 0 saturated carbocycles. The van der Waals surface area contributed by atoms with Crippen molar-refractivity contribution in [2.24, 2.45) is 0 Å². The second kappa shape index (κ2) is 8.28. The lowest BCUT2D eigenvalue weighted by atomic mass is 10.1. The molecule has 8 heteroatoms. The molecule has 0 atom stereocenters. The van der Waals surface area contributed by atoms with Crippen LogP contribution in [-0.4, -0.2) is 10.9 Å². The highest BCUT2D eigenvalue weighted by Crippen LogP contribution is 2.36. The average molecular weight is 443 g/mol. The molecule has 0 aliphatic carbocycles. The van der Waals surface area contributed by atoms with Crippen LogP contribution in [0.5, 0.6) is 0 Å². The number of nitrogens with one attached hydrogen (secondary N) is 1. The summed E-state index contributed by atoms with van der Waals surface area (Å²) in [6, 6.07) is 19.1. The van der Waals surface area contributed by atoms with Gasteiger partial charge in [-0.1, -0.05) is 54.1 Å². The Morgan fingerprint density at radius 1 is 0.968 bits per heavy atom. The highest BCUT2D eigenvalue weighted by atomic mass is 35.5. The lowest BCUT2D eigenvalue weighted by Crippen LogP contribution is -2.14. The van der Waals surface area contributed by atoms with E-state index in [1.54, 1.807) is 24.4 Å². The smallest absolute Gasteiger partial charge is 0.417 e. The minimum atomic E-state index is -4.64. The quantitative estimate of drug-likeness (QED) is 0.372. The van der Waals surface area contributed by atoms with E-state index < -0.39 is 22.7 Å². The number of amides is 1. The minimum Gasteiger partial charge on any atom is -0.436 e. The summed E-state index contributed by atoms with van der Waals surface area (Å²) in [5.74, 6) is 0.139. The van der Waals surface area contributed by atoms with Crippen LogP contribution in [0.4, 0.5) is 18.9 Å². The van der Waals surface area contributed by atoms with Crippen LogP contribution in [0.3, 0.4) is 0 Å². The van der Waals surface area contributed by atoms with Gasteiger partial charge in [-0.25, -0.2) is 4.98 Å². The fourth-order valence-corrected chi connectivity index (χ4v) is 3.25. The van der Waals surface area contributed by atoms with Gasteiger partial charge in [-0.15, -0.1) is 0 Å².